The van der Waals surface area contributed by atoms with Crippen LogP contribution in [-0.2, 0) is 10.0 Å². The maximum absolute atomic E-state index is 12.6. The molecule has 1 saturated carbocycles. The van der Waals surface area contributed by atoms with Gasteiger partial charge in [-0.2, -0.15) is 4.31 Å². The van der Waals surface area contributed by atoms with Crippen LogP contribution in [0.25, 0.3) is 0 Å². The van der Waals surface area contributed by atoms with E-state index in [1.807, 2.05) is 13.8 Å². The normalized spacial score (nSPS) is 15.9. The lowest BCUT2D eigenvalue weighted by atomic mass is 10.4. The predicted molar refractivity (Wildman–Crippen MR) is 71.0 cm³/mol. The van der Waals surface area contributed by atoms with Crippen molar-refractivity contribution in [2.75, 3.05) is 18.4 Å². The molecule has 1 aliphatic rings. The van der Waals surface area contributed by atoms with E-state index in [2.05, 4.69) is 10.3 Å². The van der Waals surface area contributed by atoms with Gasteiger partial charge in [0, 0.05) is 25.3 Å². The van der Waals surface area contributed by atoms with Crippen molar-refractivity contribution in [1.29, 1.82) is 0 Å². The van der Waals surface area contributed by atoms with Gasteiger partial charge in [0.15, 0.2) is 0 Å². The van der Waals surface area contributed by atoms with E-state index in [1.54, 1.807) is 22.6 Å². The standard InChI is InChI=1S/C12H19N3O2S/c1-3-13-12-11(6-5-9-14-12)18(16,17)15(4-2)10-7-8-10/h5-6,9-10H,3-4,7-8H2,1-2H3,(H,13,14). The SMILES string of the molecule is CCNc1ncccc1S(=O)(=O)N(CC)C1CC1. The molecule has 1 aliphatic carbocycles. The molecule has 0 radical (unpaired) electrons. The van der Waals surface area contributed by atoms with Crippen LogP contribution in [0.15, 0.2) is 23.2 Å². The highest BCUT2D eigenvalue weighted by Gasteiger charge is 2.38. The summed E-state index contributed by atoms with van der Waals surface area (Å²) in [7, 11) is -3.43. The molecule has 6 heteroatoms. The van der Waals surface area contributed by atoms with Crippen molar-refractivity contribution in [3.05, 3.63) is 18.3 Å². The number of rotatable bonds is 6. The molecule has 0 atom stereocenters. The van der Waals surface area contributed by atoms with Gasteiger partial charge in [-0.25, -0.2) is 13.4 Å². The summed E-state index contributed by atoms with van der Waals surface area (Å²) in [6.45, 7) is 4.95. The number of anilines is 1. The summed E-state index contributed by atoms with van der Waals surface area (Å²) in [5, 5.41) is 3.00. The highest BCUT2D eigenvalue weighted by Crippen LogP contribution is 2.33. The van der Waals surface area contributed by atoms with E-state index < -0.39 is 10.0 Å². The lowest BCUT2D eigenvalue weighted by molar-refractivity contribution is 0.421. The van der Waals surface area contributed by atoms with Crippen LogP contribution in [0.1, 0.15) is 26.7 Å². The van der Waals surface area contributed by atoms with E-state index in [9.17, 15) is 8.42 Å². The van der Waals surface area contributed by atoms with E-state index in [0.29, 0.717) is 18.9 Å². The lowest BCUT2D eigenvalue weighted by Gasteiger charge is -2.21. The Hall–Kier alpha value is -1.14. The number of aromatic nitrogens is 1. The molecule has 1 heterocycles. The maximum Gasteiger partial charge on any atom is 0.246 e. The van der Waals surface area contributed by atoms with Gasteiger partial charge < -0.3 is 5.32 Å². The van der Waals surface area contributed by atoms with Crippen LogP contribution in [0.3, 0.4) is 0 Å². The van der Waals surface area contributed by atoms with Crippen LogP contribution in [0.4, 0.5) is 5.82 Å². The van der Waals surface area contributed by atoms with Crippen LogP contribution in [-0.4, -0.2) is 36.8 Å². The van der Waals surface area contributed by atoms with Crippen molar-refractivity contribution in [2.24, 2.45) is 0 Å². The number of pyridine rings is 1. The van der Waals surface area contributed by atoms with Gasteiger partial charge in [-0.1, -0.05) is 6.92 Å². The van der Waals surface area contributed by atoms with Gasteiger partial charge in [0.1, 0.15) is 10.7 Å². The first-order valence-corrected chi connectivity index (χ1v) is 7.76. The maximum atomic E-state index is 12.6. The van der Waals surface area contributed by atoms with Crippen molar-refractivity contribution >= 4 is 15.8 Å². The third-order valence-corrected chi connectivity index (χ3v) is 5.03. The van der Waals surface area contributed by atoms with Crippen LogP contribution in [0.2, 0.25) is 0 Å². The van der Waals surface area contributed by atoms with Crippen LogP contribution in [0.5, 0.6) is 0 Å². The zero-order chi connectivity index (χ0) is 13.2. The van der Waals surface area contributed by atoms with Crippen molar-refractivity contribution in [1.82, 2.24) is 9.29 Å². The monoisotopic (exact) mass is 269 g/mol. The summed E-state index contributed by atoms with van der Waals surface area (Å²) < 4.78 is 26.7. The molecule has 100 valence electrons. The smallest absolute Gasteiger partial charge is 0.246 e. The second-order valence-electron chi connectivity index (χ2n) is 4.32. The first-order chi connectivity index (χ1) is 8.61. The summed E-state index contributed by atoms with van der Waals surface area (Å²) in [5.41, 5.74) is 0. The molecule has 1 fully saturated rings. The summed E-state index contributed by atoms with van der Waals surface area (Å²) >= 11 is 0. The Bertz CT molecular complexity index is 512. The molecule has 0 aliphatic heterocycles. The minimum absolute atomic E-state index is 0.176. The average Bonchev–Trinajstić information content (AvgIpc) is 3.15. The predicted octanol–water partition coefficient (Wildman–Crippen LogP) is 1.69. The summed E-state index contributed by atoms with van der Waals surface area (Å²) in [4.78, 5) is 4.39. The third kappa shape index (κ3) is 2.49. The lowest BCUT2D eigenvalue weighted by Crippen LogP contribution is -2.33. The quantitative estimate of drug-likeness (QED) is 0.853. The van der Waals surface area contributed by atoms with E-state index >= 15 is 0 Å². The second-order valence-corrected chi connectivity index (χ2v) is 6.18. The molecule has 2 rings (SSSR count). The summed E-state index contributed by atoms with van der Waals surface area (Å²) in [6.07, 6.45) is 3.53. The Morgan fingerprint density at radius 3 is 2.72 bits per heavy atom. The first-order valence-electron chi connectivity index (χ1n) is 6.32. The fourth-order valence-corrected chi connectivity index (χ4v) is 3.83. The molecule has 0 unspecified atom stereocenters. The number of sulfonamides is 1. The fourth-order valence-electron chi connectivity index (χ4n) is 2.01. The first kappa shape index (κ1) is 13.3. The molecule has 18 heavy (non-hydrogen) atoms. The number of nitrogens with one attached hydrogen (secondary N) is 1. The molecular formula is C12H19N3O2S. The molecule has 0 bridgehead atoms. The molecule has 1 aromatic heterocycles. The van der Waals surface area contributed by atoms with Gasteiger partial charge in [0.2, 0.25) is 10.0 Å². The Kier molecular flexibility index (Phi) is 3.87. The Labute approximate surface area is 108 Å². The summed E-state index contributed by atoms with van der Waals surface area (Å²) in [6, 6.07) is 3.45. The van der Waals surface area contributed by atoms with Gasteiger partial charge >= 0.3 is 0 Å². The van der Waals surface area contributed by atoms with Crippen LogP contribution >= 0.6 is 0 Å². The topological polar surface area (TPSA) is 62.3 Å². The summed E-state index contributed by atoms with van der Waals surface area (Å²) in [5.74, 6) is 0.444. The van der Waals surface area contributed by atoms with Gasteiger partial charge in [-0.3, -0.25) is 0 Å². The van der Waals surface area contributed by atoms with Crippen molar-refractivity contribution in [3.8, 4) is 0 Å². The number of hydrogen-bond donors (Lipinski definition) is 1. The highest BCUT2D eigenvalue weighted by molar-refractivity contribution is 7.89. The zero-order valence-corrected chi connectivity index (χ0v) is 11.6. The average molecular weight is 269 g/mol. The zero-order valence-electron chi connectivity index (χ0n) is 10.8. The van der Waals surface area contributed by atoms with E-state index in [1.165, 1.54) is 0 Å². The van der Waals surface area contributed by atoms with Gasteiger partial charge in [0.05, 0.1) is 0 Å². The Balaban J connectivity index is 2.39. The minimum atomic E-state index is -3.43. The fraction of sp³-hybridized carbons (Fsp3) is 0.583. The molecule has 5 nitrogen and oxygen atoms in total. The van der Waals surface area contributed by atoms with E-state index in [-0.39, 0.29) is 10.9 Å². The molecule has 0 saturated heterocycles. The highest BCUT2D eigenvalue weighted by atomic mass is 32.2. The van der Waals surface area contributed by atoms with Crippen LogP contribution < -0.4 is 5.32 Å². The van der Waals surface area contributed by atoms with Crippen molar-refractivity contribution in [3.63, 3.8) is 0 Å². The minimum Gasteiger partial charge on any atom is -0.369 e. The van der Waals surface area contributed by atoms with Crippen molar-refractivity contribution < 1.29 is 8.42 Å². The third-order valence-electron chi connectivity index (χ3n) is 2.97. The Morgan fingerprint density at radius 2 is 2.17 bits per heavy atom. The van der Waals surface area contributed by atoms with Gasteiger partial charge in [-0.15, -0.1) is 0 Å². The second kappa shape index (κ2) is 5.24. The van der Waals surface area contributed by atoms with Crippen LogP contribution in [0, 0.1) is 0 Å². The van der Waals surface area contributed by atoms with Crippen molar-refractivity contribution in [2.45, 2.75) is 37.6 Å². The van der Waals surface area contributed by atoms with Gasteiger partial charge in [0.25, 0.3) is 0 Å². The van der Waals surface area contributed by atoms with E-state index in [4.69, 9.17) is 0 Å². The molecule has 1 N–H and O–H groups in total. The van der Waals surface area contributed by atoms with E-state index in [0.717, 1.165) is 12.8 Å². The number of hydrogen-bond acceptors (Lipinski definition) is 4. The molecule has 0 amide bonds. The molecule has 1 aromatic rings. The molecule has 0 aromatic carbocycles. The largest absolute Gasteiger partial charge is 0.369 e. The Morgan fingerprint density at radius 1 is 1.44 bits per heavy atom. The molecule has 0 spiro atoms. The molecular weight excluding hydrogens is 250 g/mol. The van der Waals surface area contributed by atoms with Gasteiger partial charge in [-0.05, 0) is 31.9 Å². The number of nitrogens with zero attached hydrogens (tertiary/aromatic N) is 2.